The molecule has 5 nitrogen and oxygen atoms in total. The van der Waals surface area contributed by atoms with Crippen LogP contribution in [0, 0.1) is 17.8 Å². The van der Waals surface area contributed by atoms with Crippen molar-refractivity contribution in [1.29, 1.82) is 0 Å². The van der Waals surface area contributed by atoms with E-state index in [-0.39, 0.29) is 22.7 Å². The van der Waals surface area contributed by atoms with Crippen molar-refractivity contribution in [3.63, 3.8) is 0 Å². The summed E-state index contributed by atoms with van der Waals surface area (Å²) in [6, 6.07) is -0.445. The highest BCUT2D eigenvalue weighted by molar-refractivity contribution is 7.99. The van der Waals surface area contributed by atoms with Crippen LogP contribution in [0.1, 0.15) is 33.1 Å². The number of amides is 2. The Labute approximate surface area is 124 Å². The van der Waals surface area contributed by atoms with Gasteiger partial charge >= 0.3 is 12.0 Å². The Kier molecular flexibility index (Phi) is 4.52. The molecule has 0 aromatic carbocycles. The molecule has 0 saturated heterocycles. The zero-order valence-electron chi connectivity index (χ0n) is 12.3. The minimum atomic E-state index is -0.771. The summed E-state index contributed by atoms with van der Waals surface area (Å²) in [4.78, 5) is 23.4. The van der Waals surface area contributed by atoms with Crippen LogP contribution < -0.4 is 10.6 Å². The number of hydrogen-bond acceptors (Lipinski definition) is 3. The van der Waals surface area contributed by atoms with E-state index < -0.39 is 11.9 Å². The van der Waals surface area contributed by atoms with Gasteiger partial charge in [-0.25, -0.2) is 4.79 Å². The Morgan fingerprint density at radius 2 is 1.95 bits per heavy atom. The van der Waals surface area contributed by atoms with Crippen molar-refractivity contribution in [3.8, 4) is 0 Å². The lowest BCUT2D eigenvalue weighted by Crippen LogP contribution is -2.51. The standard InChI is InChI=1S/C14H24N2O3S/c1-14(2,20-3)7-15-13(19)16-11-9-5-4-8(6-9)10(11)12(17)18/h8-11H,4-7H2,1-3H3,(H,17,18)(H2,15,16,19). The van der Waals surface area contributed by atoms with Crippen LogP contribution >= 0.6 is 11.8 Å². The molecule has 2 amide bonds. The van der Waals surface area contributed by atoms with Gasteiger partial charge in [-0.3, -0.25) is 4.79 Å². The maximum atomic E-state index is 12.0. The molecule has 2 aliphatic carbocycles. The van der Waals surface area contributed by atoms with Crippen LogP contribution in [0.25, 0.3) is 0 Å². The number of carboxylic acid groups (broad SMARTS) is 1. The molecule has 2 aliphatic rings. The van der Waals surface area contributed by atoms with E-state index in [4.69, 9.17) is 0 Å². The SMILES string of the molecule is CSC(C)(C)CNC(=O)NC1C2CCC(C2)C1C(=O)O. The maximum Gasteiger partial charge on any atom is 0.315 e. The van der Waals surface area contributed by atoms with Gasteiger partial charge in [-0.15, -0.1) is 0 Å². The van der Waals surface area contributed by atoms with E-state index in [0.717, 1.165) is 19.3 Å². The number of carboxylic acids is 1. The highest BCUT2D eigenvalue weighted by Crippen LogP contribution is 2.48. The molecule has 0 heterocycles. The lowest BCUT2D eigenvalue weighted by atomic mass is 9.84. The molecule has 0 aromatic rings. The number of aliphatic carboxylic acids is 1. The Morgan fingerprint density at radius 1 is 1.30 bits per heavy atom. The van der Waals surface area contributed by atoms with E-state index in [1.165, 1.54) is 0 Å². The van der Waals surface area contributed by atoms with Crippen LogP contribution in [0.5, 0.6) is 0 Å². The predicted octanol–water partition coefficient (Wildman–Crippen LogP) is 1.93. The fraction of sp³-hybridized carbons (Fsp3) is 0.857. The van der Waals surface area contributed by atoms with Gasteiger partial charge in [0.25, 0.3) is 0 Å². The molecule has 20 heavy (non-hydrogen) atoms. The van der Waals surface area contributed by atoms with Crippen LogP contribution in [0.4, 0.5) is 4.79 Å². The molecule has 114 valence electrons. The van der Waals surface area contributed by atoms with E-state index in [1.54, 1.807) is 11.8 Å². The minimum absolute atomic E-state index is 0.0157. The number of carbonyl (C=O) groups is 2. The molecule has 2 bridgehead atoms. The molecule has 0 aromatic heterocycles. The van der Waals surface area contributed by atoms with Crippen LogP contribution in [-0.2, 0) is 4.79 Å². The number of carbonyl (C=O) groups excluding carboxylic acids is 1. The van der Waals surface area contributed by atoms with E-state index in [9.17, 15) is 14.7 Å². The Balaban J connectivity index is 1.89. The fourth-order valence-corrected chi connectivity index (χ4v) is 3.64. The second-order valence-corrected chi connectivity index (χ2v) is 8.03. The van der Waals surface area contributed by atoms with E-state index in [1.807, 2.05) is 6.26 Å². The molecule has 0 radical (unpaired) electrons. The molecule has 3 N–H and O–H groups in total. The minimum Gasteiger partial charge on any atom is -0.481 e. The van der Waals surface area contributed by atoms with Crippen molar-refractivity contribution in [1.82, 2.24) is 10.6 Å². The van der Waals surface area contributed by atoms with Crippen LogP contribution in [0.2, 0.25) is 0 Å². The molecule has 2 saturated carbocycles. The van der Waals surface area contributed by atoms with Gasteiger partial charge < -0.3 is 15.7 Å². The smallest absolute Gasteiger partial charge is 0.315 e. The molecule has 4 unspecified atom stereocenters. The second-order valence-electron chi connectivity index (χ2n) is 6.51. The van der Waals surface area contributed by atoms with Crippen LogP contribution in [-0.4, -0.2) is 40.7 Å². The highest BCUT2D eigenvalue weighted by atomic mass is 32.2. The van der Waals surface area contributed by atoms with Crippen LogP contribution in [0.3, 0.4) is 0 Å². The van der Waals surface area contributed by atoms with E-state index in [0.29, 0.717) is 12.5 Å². The van der Waals surface area contributed by atoms with Crippen molar-refractivity contribution >= 4 is 23.8 Å². The van der Waals surface area contributed by atoms with Crippen molar-refractivity contribution < 1.29 is 14.7 Å². The Hall–Kier alpha value is -0.910. The van der Waals surface area contributed by atoms with Gasteiger partial charge in [0, 0.05) is 17.3 Å². The van der Waals surface area contributed by atoms with Gasteiger partial charge in [-0.1, -0.05) is 0 Å². The maximum absolute atomic E-state index is 12.0. The lowest BCUT2D eigenvalue weighted by Gasteiger charge is -2.29. The van der Waals surface area contributed by atoms with Gasteiger partial charge in [0.15, 0.2) is 0 Å². The number of rotatable bonds is 5. The molecular weight excluding hydrogens is 276 g/mol. The number of nitrogens with one attached hydrogen (secondary N) is 2. The quantitative estimate of drug-likeness (QED) is 0.725. The summed E-state index contributed by atoms with van der Waals surface area (Å²) in [6.45, 7) is 4.70. The molecule has 6 heteroatoms. The third-order valence-corrected chi connectivity index (χ3v) is 5.98. The Bertz CT molecular complexity index is 400. The largest absolute Gasteiger partial charge is 0.481 e. The summed E-state index contributed by atoms with van der Waals surface area (Å²) in [7, 11) is 0. The summed E-state index contributed by atoms with van der Waals surface area (Å²) in [5, 5.41) is 15.1. The number of hydrogen-bond donors (Lipinski definition) is 3. The number of thioether (sulfide) groups is 1. The zero-order chi connectivity index (χ0) is 14.9. The van der Waals surface area contributed by atoms with Crippen LogP contribution in [0.15, 0.2) is 0 Å². The third-order valence-electron chi connectivity index (χ3n) is 4.73. The summed E-state index contributed by atoms with van der Waals surface area (Å²) < 4.78 is -0.0157. The molecule has 4 atom stereocenters. The average molecular weight is 300 g/mol. The van der Waals surface area contributed by atoms with Gasteiger partial charge in [-0.2, -0.15) is 11.8 Å². The van der Waals surface area contributed by atoms with Gasteiger partial charge in [0.2, 0.25) is 0 Å². The molecule has 2 rings (SSSR count). The number of urea groups is 1. The van der Waals surface area contributed by atoms with Gasteiger partial charge in [-0.05, 0) is 51.2 Å². The second kappa shape index (κ2) is 5.84. The normalized spacial score (nSPS) is 32.1. The summed E-state index contributed by atoms with van der Waals surface area (Å²) in [6.07, 6.45) is 4.98. The average Bonchev–Trinajstić information content (AvgIpc) is 2.97. The Morgan fingerprint density at radius 3 is 2.55 bits per heavy atom. The van der Waals surface area contributed by atoms with Gasteiger partial charge in [0.1, 0.15) is 0 Å². The molecule has 2 fully saturated rings. The van der Waals surface area contributed by atoms with Crippen molar-refractivity contribution in [3.05, 3.63) is 0 Å². The zero-order valence-corrected chi connectivity index (χ0v) is 13.1. The highest BCUT2D eigenvalue weighted by Gasteiger charge is 2.51. The van der Waals surface area contributed by atoms with E-state index in [2.05, 4.69) is 24.5 Å². The lowest BCUT2D eigenvalue weighted by molar-refractivity contribution is -0.144. The monoisotopic (exact) mass is 300 g/mol. The topological polar surface area (TPSA) is 78.4 Å². The fourth-order valence-electron chi connectivity index (χ4n) is 3.42. The predicted molar refractivity (Wildman–Crippen MR) is 79.9 cm³/mol. The first-order chi connectivity index (χ1) is 9.34. The first-order valence-electron chi connectivity index (χ1n) is 7.16. The number of fused-ring (bicyclic) bond motifs is 2. The van der Waals surface area contributed by atoms with Crippen molar-refractivity contribution in [2.75, 3.05) is 12.8 Å². The summed E-state index contributed by atoms with van der Waals surface area (Å²) in [5.74, 6) is -0.606. The summed E-state index contributed by atoms with van der Waals surface area (Å²) in [5.41, 5.74) is 0. The first kappa shape index (κ1) is 15.5. The van der Waals surface area contributed by atoms with E-state index >= 15 is 0 Å². The first-order valence-corrected chi connectivity index (χ1v) is 8.39. The third kappa shape index (κ3) is 3.22. The van der Waals surface area contributed by atoms with Crippen molar-refractivity contribution in [2.24, 2.45) is 17.8 Å². The summed E-state index contributed by atoms with van der Waals surface area (Å²) >= 11 is 1.69. The van der Waals surface area contributed by atoms with Crippen molar-refractivity contribution in [2.45, 2.75) is 43.9 Å². The molecule has 0 aliphatic heterocycles. The molecular formula is C14H24N2O3S. The van der Waals surface area contributed by atoms with Gasteiger partial charge in [0.05, 0.1) is 5.92 Å². The molecule has 0 spiro atoms.